The second-order valence-corrected chi connectivity index (χ2v) is 6.15. The fourth-order valence-corrected chi connectivity index (χ4v) is 2.50. The number of rotatable bonds is 6. The molecule has 0 saturated heterocycles. The molecule has 0 radical (unpaired) electrons. The zero-order chi connectivity index (χ0) is 18.2. The topological polar surface area (TPSA) is 61.4 Å². The molecule has 2 aromatic carbocycles. The zero-order valence-electron chi connectivity index (χ0n) is 15.0. The minimum Gasteiger partial charge on any atom is -0.342 e. The van der Waals surface area contributed by atoms with Gasteiger partial charge < -0.3 is 15.5 Å². The molecule has 2 rings (SSSR count). The Morgan fingerprint density at radius 1 is 1.08 bits per heavy atom. The first-order valence-electron chi connectivity index (χ1n) is 8.35. The smallest absolute Gasteiger partial charge is 0.319 e. The molecule has 25 heavy (non-hydrogen) atoms. The summed E-state index contributed by atoms with van der Waals surface area (Å²) in [5.41, 5.74) is 4.02. The standard InChI is InChI=1S/C20H25N3O2/c1-15-7-6-8-17(13-15)11-12-21-20(25)22-19-10-5-4-9-18(19)14-23(3)16(2)24/h4-10,13H,11-12,14H2,1-3H3,(H2,21,22,25). The van der Waals surface area contributed by atoms with Gasteiger partial charge >= 0.3 is 6.03 Å². The van der Waals surface area contributed by atoms with Crippen molar-refractivity contribution in [2.24, 2.45) is 0 Å². The Balaban J connectivity index is 1.89. The third-order valence-electron chi connectivity index (χ3n) is 3.99. The van der Waals surface area contributed by atoms with Crippen LogP contribution in [0.3, 0.4) is 0 Å². The van der Waals surface area contributed by atoms with Gasteiger partial charge in [-0.25, -0.2) is 4.79 Å². The third kappa shape index (κ3) is 5.95. The van der Waals surface area contributed by atoms with Gasteiger partial charge in [-0.05, 0) is 30.5 Å². The average Bonchev–Trinajstić information content (AvgIpc) is 2.56. The van der Waals surface area contributed by atoms with Gasteiger partial charge in [0.05, 0.1) is 0 Å². The molecule has 0 aromatic heterocycles. The third-order valence-corrected chi connectivity index (χ3v) is 3.99. The number of carbonyl (C=O) groups excluding carboxylic acids is 2. The van der Waals surface area contributed by atoms with Crippen molar-refractivity contribution in [2.45, 2.75) is 26.8 Å². The summed E-state index contributed by atoms with van der Waals surface area (Å²) >= 11 is 0. The van der Waals surface area contributed by atoms with Gasteiger partial charge in [-0.1, -0.05) is 48.0 Å². The van der Waals surface area contributed by atoms with E-state index in [-0.39, 0.29) is 11.9 Å². The molecule has 0 bridgehead atoms. The first kappa shape index (κ1) is 18.5. The molecular formula is C20H25N3O2. The lowest BCUT2D eigenvalue weighted by Crippen LogP contribution is -2.31. The molecule has 0 unspecified atom stereocenters. The molecule has 0 saturated carbocycles. The summed E-state index contributed by atoms with van der Waals surface area (Å²) in [4.78, 5) is 25.2. The molecule has 5 heteroatoms. The van der Waals surface area contributed by atoms with Crippen LogP contribution < -0.4 is 10.6 Å². The predicted octanol–water partition coefficient (Wildman–Crippen LogP) is 3.34. The van der Waals surface area contributed by atoms with Gasteiger partial charge in [0.2, 0.25) is 5.91 Å². The summed E-state index contributed by atoms with van der Waals surface area (Å²) in [6.45, 7) is 4.59. The second kappa shape index (κ2) is 8.87. The van der Waals surface area contributed by atoms with E-state index in [1.54, 1.807) is 11.9 Å². The highest BCUT2D eigenvalue weighted by atomic mass is 16.2. The summed E-state index contributed by atoms with van der Waals surface area (Å²) < 4.78 is 0. The lowest BCUT2D eigenvalue weighted by atomic mass is 10.1. The van der Waals surface area contributed by atoms with Crippen molar-refractivity contribution < 1.29 is 9.59 Å². The van der Waals surface area contributed by atoms with Crippen LogP contribution in [-0.4, -0.2) is 30.4 Å². The first-order chi connectivity index (χ1) is 12.0. The van der Waals surface area contributed by atoms with Crippen LogP contribution in [0.2, 0.25) is 0 Å². The summed E-state index contributed by atoms with van der Waals surface area (Å²) in [5.74, 6) is -0.0163. The Morgan fingerprint density at radius 3 is 2.56 bits per heavy atom. The number of hydrogen-bond acceptors (Lipinski definition) is 2. The van der Waals surface area contributed by atoms with Crippen LogP contribution in [0.25, 0.3) is 0 Å². The number of amides is 3. The van der Waals surface area contributed by atoms with E-state index in [4.69, 9.17) is 0 Å². The molecule has 5 nitrogen and oxygen atoms in total. The lowest BCUT2D eigenvalue weighted by molar-refractivity contribution is -0.128. The van der Waals surface area contributed by atoms with Crippen LogP contribution in [-0.2, 0) is 17.8 Å². The molecule has 0 aliphatic carbocycles. The largest absolute Gasteiger partial charge is 0.342 e. The van der Waals surface area contributed by atoms with E-state index in [0.29, 0.717) is 18.8 Å². The monoisotopic (exact) mass is 339 g/mol. The fourth-order valence-electron chi connectivity index (χ4n) is 2.50. The van der Waals surface area contributed by atoms with Crippen LogP contribution >= 0.6 is 0 Å². The second-order valence-electron chi connectivity index (χ2n) is 6.15. The number of aryl methyl sites for hydroxylation is 1. The van der Waals surface area contributed by atoms with Crippen LogP contribution in [0.15, 0.2) is 48.5 Å². The van der Waals surface area contributed by atoms with E-state index in [1.165, 1.54) is 18.1 Å². The molecule has 132 valence electrons. The van der Waals surface area contributed by atoms with Crippen molar-refractivity contribution >= 4 is 17.6 Å². The summed E-state index contributed by atoms with van der Waals surface area (Å²) in [7, 11) is 1.74. The van der Waals surface area contributed by atoms with Crippen LogP contribution in [0.4, 0.5) is 10.5 Å². The van der Waals surface area contributed by atoms with Gasteiger partial charge in [0.1, 0.15) is 0 Å². The van der Waals surface area contributed by atoms with Crippen LogP contribution in [0.5, 0.6) is 0 Å². The Hall–Kier alpha value is -2.82. The number of nitrogens with one attached hydrogen (secondary N) is 2. The number of carbonyl (C=O) groups is 2. The Bertz CT molecular complexity index is 743. The van der Waals surface area contributed by atoms with Gasteiger partial charge in [0.15, 0.2) is 0 Å². The van der Waals surface area contributed by atoms with E-state index in [9.17, 15) is 9.59 Å². The van der Waals surface area contributed by atoms with Gasteiger partial charge in [0, 0.05) is 32.7 Å². The molecule has 0 aliphatic heterocycles. The highest BCUT2D eigenvalue weighted by molar-refractivity contribution is 5.90. The minimum absolute atomic E-state index is 0.0163. The number of para-hydroxylation sites is 1. The van der Waals surface area contributed by atoms with Gasteiger partial charge in [-0.15, -0.1) is 0 Å². The van der Waals surface area contributed by atoms with Gasteiger partial charge in [0.25, 0.3) is 0 Å². The Labute approximate surface area is 149 Å². The number of benzene rings is 2. The van der Waals surface area contributed by atoms with Gasteiger partial charge in [-0.2, -0.15) is 0 Å². The summed E-state index contributed by atoms with van der Waals surface area (Å²) in [6.07, 6.45) is 0.782. The Kier molecular flexibility index (Phi) is 6.57. The highest BCUT2D eigenvalue weighted by Crippen LogP contribution is 2.16. The minimum atomic E-state index is -0.245. The van der Waals surface area contributed by atoms with E-state index >= 15 is 0 Å². The molecule has 0 aliphatic rings. The molecular weight excluding hydrogens is 314 g/mol. The maximum Gasteiger partial charge on any atom is 0.319 e. The maximum absolute atomic E-state index is 12.1. The molecule has 0 heterocycles. The number of nitrogens with zero attached hydrogens (tertiary/aromatic N) is 1. The van der Waals surface area contributed by atoms with Crippen molar-refractivity contribution in [3.8, 4) is 0 Å². The molecule has 0 fully saturated rings. The molecule has 0 atom stereocenters. The first-order valence-corrected chi connectivity index (χ1v) is 8.35. The lowest BCUT2D eigenvalue weighted by Gasteiger charge is -2.18. The molecule has 0 spiro atoms. The quantitative estimate of drug-likeness (QED) is 0.848. The zero-order valence-corrected chi connectivity index (χ0v) is 15.0. The van der Waals surface area contributed by atoms with E-state index in [1.807, 2.05) is 30.3 Å². The normalized spacial score (nSPS) is 10.2. The fraction of sp³-hybridized carbons (Fsp3) is 0.300. The number of urea groups is 1. The average molecular weight is 339 g/mol. The van der Waals surface area contributed by atoms with Crippen molar-refractivity contribution in [3.05, 3.63) is 65.2 Å². The van der Waals surface area contributed by atoms with E-state index in [0.717, 1.165) is 12.0 Å². The van der Waals surface area contributed by atoms with Crippen molar-refractivity contribution in [3.63, 3.8) is 0 Å². The molecule has 3 amide bonds. The predicted molar refractivity (Wildman–Crippen MR) is 100 cm³/mol. The van der Waals surface area contributed by atoms with E-state index < -0.39 is 0 Å². The highest BCUT2D eigenvalue weighted by Gasteiger charge is 2.09. The van der Waals surface area contributed by atoms with Crippen molar-refractivity contribution in [2.75, 3.05) is 18.9 Å². The summed E-state index contributed by atoms with van der Waals surface area (Å²) in [6, 6.07) is 15.5. The number of hydrogen-bond donors (Lipinski definition) is 2. The molecule has 2 aromatic rings. The van der Waals surface area contributed by atoms with Gasteiger partial charge in [-0.3, -0.25) is 4.79 Å². The SMILES string of the molecule is CC(=O)N(C)Cc1ccccc1NC(=O)NCCc1cccc(C)c1. The van der Waals surface area contributed by atoms with Crippen molar-refractivity contribution in [1.82, 2.24) is 10.2 Å². The summed E-state index contributed by atoms with van der Waals surface area (Å²) in [5, 5.41) is 5.74. The van der Waals surface area contributed by atoms with Crippen LogP contribution in [0.1, 0.15) is 23.6 Å². The number of anilines is 1. The maximum atomic E-state index is 12.1. The molecule has 2 N–H and O–H groups in total. The van der Waals surface area contributed by atoms with Crippen molar-refractivity contribution in [1.29, 1.82) is 0 Å². The van der Waals surface area contributed by atoms with E-state index in [2.05, 4.69) is 35.8 Å². The van der Waals surface area contributed by atoms with Crippen LogP contribution in [0, 0.1) is 6.92 Å². The Morgan fingerprint density at radius 2 is 1.84 bits per heavy atom.